The summed E-state index contributed by atoms with van der Waals surface area (Å²) >= 11 is 0. The van der Waals surface area contributed by atoms with Gasteiger partial charge in [-0.1, -0.05) is 18.2 Å². The Morgan fingerprint density at radius 3 is 2.67 bits per heavy atom. The van der Waals surface area contributed by atoms with Crippen LogP contribution in [0.3, 0.4) is 0 Å². The van der Waals surface area contributed by atoms with Crippen molar-refractivity contribution >= 4 is 23.5 Å². The molecule has 0 saturated carbocycles. The number of nitrogens with zero attached hydrogens (tertiary/aromatic N) is 2. The molecule has 0 aliphatic carbocycles. The predicted octanol–water partition coefficient (Wildman–Crippen LogP) is -0.466. The van der Waals surface area contributed by atoms with E-state index in [2.05, 4.69) is 5.32 Å². The lowest BCUT2D eigenvalue weighted by Gasteiger charge is -2.33. The third-order valence-electron chi connectivity index (χ3n) is 3.42. The molecule has 21 heavy (non-hydrogen) atoms. The van der Waals surface area contributed by atoms with Crippen molar-refractivity contribution in [3.63, 3.8) is 0 Å². The standard InChI is InChI=1S/C14H17N3O4/c1-16(10-5-3-2-4-6-10)13(19)9-17-8-12(18)15-7-11(17)14(20)21/h2-6,11H,7-9H2,1H3,(H,15,18)(H,20,21). The SMILES string of the molecule is CN(C(=O)CN1CC(=O)NCC1C(=O)O)c1ccccc1. The fourth-order valence-corrected chi connectivity index (χ4v) is 2.18. The summed E-state index contributed by atoms with van der Waals surface area (Å²) in [5.41, 5.74) is 0.718. The van der Waals surface area contributed by atoms with E-state index in [1.165, 1.54) is 9.80 Å². The first-order valence-corrected chi connectivity index (χ1v) is 6.54. The van der Waals surface area contributed by atoms with Gasteiger partial charge in [-0.05, 0) is 12.1 Å². The highest BCUT2D eigenvalue weighted by molar-refractivity contribution is 5.95. The molecule has 1 aliphatic heterocycles. The van der Waals surface area contributed by atoms with Gasteiger partial charge in [0.2, 0.25) is 11.8 Å². The minimum absolute atomic E-state index is 0.0104. The largest absolute Gasteiger partial charge is 0.480 e. The van der Waals surface area contributed by atoms with Crippen LogP contribution in [0, 0.1) is 0 Å². The van der Waals surface area contributed by atoms with Crippen molar-refractivity contribution in [1.29, 1.82) is 0 Å². The molecule has 1 unspecified atom stereocenters. The van der Waals surface area contributed by atoms with Crippen LogP contribution in [0.25, 0.3) is 0 Å². The lowest BCUT2D eigenvalue weighted by atomic mass is 10.2. The van der Waals surface area contributed by atoms with Crippen molar-refractivity contribution < 1.29 is 19.5 Å². The Labute approximate surface area is 122 Å². The maximum Gasteiger partial charge on any atom is 0.322 e. The van der Waals surface area contributed by atoms with Gasteiger partial charge in [0, 0.05) is 19.3 Å². The minimum Gasteiger partial charge on any atom is -0.480 e. The molecular weight excluding hydrogens is 274 g/mol. The third kappa shape index (κ3) is 3.57. The predicted molar refractivity (Wildman–Crippen MR) is 75.9 cm³/mol. The van der Waals surface area contributed by atoms with Gasteiger partial charge in [0.05, 0.1) is 13.1 Å². The van der Waals surface area contributed by atoms with E-state index in [0.717, 1.165) is 5.69 Å². The molecule has 1 aromatic carbocycles. The Hall–Kier alpha value is -2.41. The van der Waals surface area contributed by atoms with Crippen LogP contribution in [0.1, 0.15) is 0 Å². The number of benzene rings is 1. The van der Waals surface area contributed by atoms with Crippen molar-refractivity contribution in [3.05, 3.63) is 30.3 Å². The van der Waals surface area contributed by atoms with Gasteiger partial charge in [0.25, 0.3) is 0 Å². The highest BCUT2D eigenvalue weighted by Crippen LogP contribution is 2.12. The number of carboxylic acid groups (broad SMARTS) is 1. The number of carbonyl (C=O) groups excluding carboxylic acids is 2. The van der Waals surface area contributed by atoms with Crippen LogP contribution >= 0.6 is 0 Å². The van der Waals surface area contributed by atoms with Crippen LogP contribution < -0.4 is 10.2 Å². The topological polar surface area (TPSA) is 90.0 Å². The second kappa shape index (κ2) is 6.36. The number of likely N-dealkylation sites (N-methyl/N-ethyl adjacent to an activating group) is 1. The molecule has 0 aromatic heterocycles. The van der Waals surface area contributed by atoms with E-state index in [4.69, 9.17) is 5.11 Å². The van der Waals surface area contributed by atoms with E-state index in [0.29, 0.717) is 0 Å². The van der Waals surface area contributed by atoms with Crippen LogP contribution in [0.15, 0.2) is 30.3 Å². The van der Waals surface area contributed by atoms with Gasteiger partial charge in [0.1, 0.15) is 6.04 Å². The summed E-state index contributed by atoms with van der Waals surface area (Å²) in [6.07, 6.45) is 0. The van der Waals surface area contributed by atoms with Crippen molar-refractivity contribution in [2.75, 3.05) is 31.6 Å². The van der Waals surface area contributed by atoms with E-state index in [1.807, 2.05) is 18.2 Å². The van der Waals surface area contributed by atoms with Crippen LogP contribution in [0.5, 0.6) is 0 Å². The molecule has 1 heterocycles. The monoisotopic (exact) mass is 291 g/mol. The van der Waals surface area contributed by atoms with E-state index >= 15 is 0 Å². The Balaban J connectivity index is 2.06. The van der Waals surface area contributed by atoms with Crippen LogP contribution in [-0.2, 0) is 14.4 Å². The Morgan fingerprint density at radius 1 is 1.38 bits per heavy atom. The summed E-state index contributed by atoms with van der Waals surface area (Å²) in [6.45, 7) is -0.197. The summed E-state index contributed by atoms with van der Waals surface area (Å²) in [6, 6.07) is 8.17. The Kier molecular flexibility index (Phi) is 4.54. The zero-order chi connectivity index (χ0) is 15.4. The Bertz CT molecular complexity index is 546. The first-order chi connectivity index (χ1) is 9.99. The van der Waals surface area contributed by atoms with Crippen molar-refractivity contribution in [3.8, 4) is 0 Å². The fraction of sp³-hybridized carbons (Fsp3) is 0.357. The molecule has 2 N–H and O–H groups in total. The molecule has 1 aromatic rings. The van der Waals surface area contributed by atoms with Gasteiger partial charge in [0.15, 0.2) is 0 Å². The van der Waals surface area contributed by atoms with E-state index < -0.39 is 12.0 Å². The van der Waals surface area contributed by atoms with Gasteiger partial charge in [-0.15, -0.1) is 0 Å². The second-order valence-corrected chi connectivity index (χ2v) is 4.85. The fourth-order valence-electron chi connectivity index (χ4n) is 2.18. The number of piperazine rings is 1. The third-order valence-corrected chi connectivity index (χ3v) is 3.42. The number of carbonyl (C=O) groups is 3. The maximum atomic E-state index is 12.2. The quantitative estimate of drug-likeness (QED) is 0.783. The number of aliphatic carboxylic acids is 1. The van der Waals surface area contributed by atoms with E-state index in [1.54, 1.807) is 19.2 Å². The molecule has 1 aliphatic rings. The zero-order valence-electron chi connectivity index (χ0n) is 11.7. The number of carboxylic acids is 1. The number of rotatable bonds is 4. The van der Waals surface area contributed by atoms with Gasteiger partial charge >= 0.3 is 5.97 Å². The Morgan fingerprint density at radius 2 is 2.05 bits per heavy atom. The van der Waals surface area contributed by atoms with Crippen LogP contribution in [0.2, 0.25) is 0 Å². The normalized spacial score (nSPS) is 18.9. The van der Waals surface area contributed by atoms with Gasteiger partial charge in [-0.25, -0.2) is 0 Å². The molecule has 0 spiro atoms. The summed E-state index contributed by atoms with van der Waals surface area (Å²) in [5, 5.41) is 11.6. The van der Waals surface area contributed by atoms with Gasteiger partial charge in [-0.3, -0.25) is 19.3 Å². The highest BCUT2D eigenvalue weighted by atomic mass is 16.4. The van der Waals surface area contributed by atoms with Crippen molar-refractivity contribution in [2.24, 2.45) is 0 Å². The first kappa shape index (κ1) is 15.0. The molecule has 2 rings (SSSR count). The molecule has 0 bridgehead atoms. The number of nitrogens with one attached hydrogen (secondary N) is 1. The van der Waals surface area contributed by atoms with Gasteiger partial charge in [-0.2, -0.15) is 0 Å². The number of para-hydroxylation sites is 1. The molecule has 2 amide bonds. The van der Waals surface area contributed by atoms with Crippen molar-refractivity contribution in [1.82, 2.24) is 10.2 Å². The van der Waals surface area contributed by atoms with Crippen molar-refractivity contribution in [2.45, 2.75) is 6.04 Å². The number of hydrogen-bond acceptors (Lipinski definition) is 4. The zero-order valence-corrected chi connectivity index (χ0v) is 11.7. The van der Waals surface area contributed by atoms with E-state index in [9.17, 15) is 14.4 Å². The second-order valence-electron chi connectivity index (χ2n) is 4.85. The lowest BCUT2D eigenvalue weighted by molar-refractivity contribution is -0.146. The molecule has 1 fully saturated rings. The average molecular weight is 291 g/mol. The molecule has 0 radical (unpaired) electrons. The molecule has 7 heteroatoms. The minimum atomic E-state index is -1.05. The first-order valence-electron chi connectivity index (χ1n) is 6.54. The lowest BCUT2D eigenvalue weighted by Crippen LogP contribution is -2.59. The molecule has 1 atom stereocenters. The smallest absolute Gasteiger partial charge is 0.322 e. The number of amides is 2. The number of hydrogen-bond donors (Lipinski definition) is 2. The molecule has 7 nitrogen and oxygen atoms in total. The van der Waals surface area contributed by atoms with Gasteiger partial charge < -0.3 is 15.3 Å². The van der Waals surface area contributed by atoms with Crippen LogP contribution in [-0.4, -0.2) is 60.5 Å². The average Bonchev–Trinajstić information content (AvgIpc) is 2.47. The maximum absolute atomic E-state index is 12.2. The summed E-state index contributed by atoms with van der Waals surface area (Å²) in [4.78, 5) is 37.6. The highest BCUT2D eigenvalue weighted by Gasteiger charge is 2.33. The number of anilines is 1. The summed E-state index contributed by atoms with van der Waals surface area (Å²) in [5.74, 6) is -1.59. The van der Waals surface area contributed by atoms with E-state index in [-0.39, 0.29) is 31.4 Å². The molecular formula is C14H17N3O4. The molecule has 1 saturated heterocycles. The molecule has 112 valence electrons. The summed E-state index contributed by atoms with van der Waals surface area (Å²) in [7, 11) is 1.62. The van der Waals surface area contributed by atoms with Crippen LogP contribution in [0.4, 0.5) is 5.69 Å². The summed E-state index contributed by atoms with van der Waals surface area (Å²) < 4.78 is 0.